The van der Waals surface area contributed by atoms with Gasteiger partial charge in [0.1, 0.15) is 5.75 Å². The molecule has 1 N–H and O–H groups in total. The van der Waals surface area contributed by atoms with Gasteiger partial charge in [0.15, 0.2) is 0 Å². The van der Waals surface area contributed by atoms with Crippen molar-refractivity contribution < 1.29 is 19.6 Å². The number of ether oxygens (including phenoxy) is 1. The summed E-state index contributed by atoms with van der Waals surface area (Å²) in [7, 11) is 0. The smallest absolute Gasteiger partial charge is 0.337 e. The number of hydrogen-bond donors (Lipinski definition) is 1. The third-order valence-corrected chi connectivity index (χ3v) is 2.83. The summed E-state index contributed by atoms with van der Waals surface area (Å²) in [6, 6.07) is 7.50. The summed E-state index contributed by atoms with van der Waals surface area (Å²) >= 11 is 3.25. The van der Waals surface area contributed by atoms with E-state index in [9.17, 15) is 14.9 Å². The SMILES string of the molecule is O=C(O)c1cnc(Oc2ccc(Br)cc2)c([N+](=O)[O-])c1. The fourth-order valence-electron chi connectivity index (χ4n) is 1.38. The lowest BCUT2D eigenvalue weighted by molar-refractivity contribution is -0.386. The van der Waals surface area contributed by atoms with Crippen LogP contribution in [0.5, 0.6) is 11.6 Å². The van der Waals surface area contributed by atoms with Crippen LogP contribution < -0.4 is 4.74 Å². The lowest BCUT2D eigenvalue weighted by Crippen LogP contribution is -2.02. The topological polar surface area (TPSA) is 103 Å². The van der Waals surface area contributed by atoms with Crippen molar-refractivity contribution in [2.75, 3.05) is 0 Å². The molecule has 0 spiro atoms. The molecule has 0 aliphatic rings. The third-order valence-electron chi connectivity index (χ3n) is 2.30. The van der Waals surface area contributed by atoms with E-state index in [1.807, 2.05) is 0 Å². The molecule has 20 heavy (non-hydrogen) atoms. The summed E-state index contributed by atoms with van der Waals surface area (Å²) in [4.78, 5) is 24.6. The number of halogens is 1. The van der Waals surface area contributed by atoms with Crippen LogP contribution in [0.2, 0.25) is 0 Å². The minimum atomic E-state index is -1.30. The number of rotatable bonds is 4. The van der Waals surface area contributed by atoms with Gasteiger partial charge in [-0.05, 0) is 24.3 Å². The van der Waals surface area contributed by atoms with Crippen molar-refractivity contribution >= 4 is 27.6 Å². The van der Waals surface area contributed by atoms with Crippen molar-refractivity contribution in [2.24, 2.45) is 0 Å². The van der Waals surface area contributed by atoms with E-state index in [0.717, 1.165) is 16.7 Å². The van der Waals surface area contributed by atoms with Crippen molar-refractivity contribution in [1.82, 2.24) is 4.98 Å². The number of hydrogen-bond acceptors (Lipinski definition) is 5. The van der Waals surface area contributed by atoms with Crippen LogP contribution >= 0.6 is 15.9 Å². The molecule has 0 saturated carbocycles. The number of nitro groups is 1. The van der Waals surface area contributed by atoms with Gasteiger partial charge in [-0.15, -0.1) is 0 Å². The fourth-order valence-corrected chi connectivity index (χ4v) is 1.65. The molecule has 0 radical (unpaired) electrons. The Bertz CT molecular complexity index is 672. The summed E-state index contributed by atoms with van der Waals surface area (Å²) in [6.07, 6.45) is 1.00. The highest BCUT2D eigenvalue weighted by molar-refractivity contribution is 9.10. The lowest BCUT2D eigenvalue weighted by atomic mass is 10.2. The van der Waals surface area contributed by atoms with Crippen molar-refractivity contribution in [3.63, 3.8) is 0 Å². The zero-order chi connectivity index (χ0) is 14.7. The Morgan fingerprint density at radius 1 is 1.35 bits per heavy atom. The number of pyridine rings is 1. The standard InChI is InChI=1S/C12H7BrN2O5/c13-8-1-3-9(4-2-8)20-11-10(15(18)19)5-7(6-14-11)12(16)17/h1-6H,(H,16,17). The van der Waals surface area contributed by atoms with Crippen molar-refractivity contribution in [3.8, 4) is 11.6 Å². The van der Waals surface area contributed by atoms with Crippen LogP contribution in [0.1, 0.15) is 10.4 Å². The third kappa shape index (κ3) is 3.09. The van der Waals surface area contributed by atoms with E-state index < -0.39 is 16.6 Å². The van der Waals surface area contributed by atoms with E-state index >= 15 is 0 Å². The Morgan fingerprint density at radius 2 is 2.00 bits per heavy atom. The molecule has 0 atom stereocenters. The first-order valence-electron chi connectivity index (χ1n) is 5.28. The Kier molecular flexibility index (Phi) is 3.94. The summed E-state index contributed by atoms with van der Waals surface area (Å²) in [5, 5.41) is 19.7. The molecule has 7 nitrogen and oxygen atoms in total. The van der Waals surface area contributed by atoms with Gasteiger partial charge in [0, 0.05) is 16.7 Å². The fraction of sp³-hybridized carbons (Fsp3) is 0. The highest BCUT2D eigenvalue weighted by Crippen LogP contribution is 2.30. The second kappa shape index (κ2) is 5.66. The van der Waals surface area contributed by atoms with E-state index in [1.165, 1.54) is 0 Å². The van der Waals surface area contributed by atoms with Crippen LogP contribution in [0.3, 0.4) is 0 Å². The van der Waals surface area contributed by atoms with Gasteiger partial charge in [-0.1, -0.05) is 15.9 Å². The van der Waals surface area contributed by atoms with E-state index in [1.54, 1.807) is 24.3 Å². The molecule has 2 aromatic rings. The number of aromatic nitrogens is 1. The van der Waals surface area contributed by atoms with Gasteiger partial charge in [-0.3, -0.25) is 10.1 Å². The van der Waals surface area contributed by atoms with Crippen LogP contribution in [0.15, 0.2) is 41.0 Å². The van der Waals surface area contributed by atoms with Crippen LogP contribution in [0, 0.1) is 10.1 Å². The van der Waals surface area contributed by atoms with Crippen LogP contribution in [-0.4, -0.2) is 21.0 Å². The van der Waals surface area contributed by atoms with E-state index in [2.05, 4.69) is 20.9 Å². The Hall–Kier alpha value is -2.48. The summed E-state index contributed by atoms with van der Waals surface area (Å²) < 4.78 is 6.12. The molecule has 0 amide bonds. The first-order valence-corrected chi connectivity index (χ1v) is 6.08. The van der Waals surface area contributed by atoms with E-state index in [4.69, 9.17) is 9.84 Å². The van der Waals surface area contributed by atoms with Crippen LogP contribution in [0.4, 0.5) is 5.69 Å². The zero-order valence-electron chi connectivity index (χ0n) is 9.82. The van der Waals surface area contributed by atoms with Gasteiger partial charge < -0.3 is 9.84 Å². The Labute approximate surface area is 121 Å². The average Bonchev–Trinajstić information content (AvgIpc) is 2.41. The van der Waals surface area contributed by atoms with Gasteiger partial charge in [0.25, 0.3) is 5.88 Å². The molecule has 0 aliphatic carbocycles. The molecule has 0 bridgehead atoms. The normalized spacial score (nSPS) is 10.1. The summed E-state index contributed by atoms with van der Waals surface area (Å²) in [5.74, 6) is -1.20. The van der Waals surface area contributed by atoms with E-state index in [-0.39, 0.29) is 11.4 Å². The average molecular weight is 339 g/mol. The second-order valence-electron chi connectivity index (χ2n) is 3.67. The minimum absolute atomic E-state index is 0.262. The van der Waals surface area contributed by atoms with Crippen molar-refractivity contribution in [3.05, 3.63) is 56.7 Å². The Morgan fingerprint density at radius 3 is 2.55 bits per heavy atom. The predicted octanol–water partition coefficient (Wildman–Crippen LogP) is 3.24. The van der Waals surface area contributed by atoms with Crippen LogP contribution in [-0.2, 0) is 0 Å². The van der Waals surface area contributed by atoms with E-state index in [0.29, 0.717) is 5.75 Å². The maximum Gasteiger partial charge on any atom is 0.337 e. The molecule has 8 heteroatoms. The van der Waals surface area contributed by atoms with Gasteiger partial charge in [0.05, 0.1) is 10.5 Å². The zero-order valence-corrected chi connectivity index (χ0v) is 11.4. The predicted molar refractivity (Wildman–Crippen MR) is 72.1 cm³/mol. The molecule has 2 rings (SSSR count). The first-order chi connectivity index (χ1) is 9.47. The number of nitrogens with zero attached hydrogens (tertiary/aromatic N) is 2. The number of carboxylic acids is 1. The second-order valence-corrected chi connectivity index (χ2v) is 4.58. The highest BCUT2D eigenvalue weighted by Gasteiger charge is 2.20. The molecule has 1 heterocycles. The lowest BCUT2D eigenvalue weighted by Gasteiger charge is -2.05. The minimum Gasteiger partial charge on any atom is -0.478 e. The molecule has 1 aromatic heterocycles. The van der Waals surface area contributed by atoms with Gasteiger partial charge in [-0.25, -0.2) is 9.78 Å². The summed E-state index contributed by atoms with van der Waals surface area (Å²) in [6.45, 7) is 0. The number of carboxylic acid groups (broad SMARTS) is 1. The molecule has 0 aliphatic heterocycles. The number of benzene rings is 1. The molecule has 0 saturated heterocycles. The number of carbonyl (C=O) groups is 1. The van der Waals surface area contributed by atoms with Gasteiger partial charge in [0.2, 0.25) is 0 Å². The monoisotopic (exact) mass is 338 g/mol. The van der Waals surface area contributed by atoms with Gasteiger partial charge >= 0.3 is 11.7 Å². The molecule has 1 aromatic carbocycles. The molecule has 0 unspecified atom stereocenters. The molecular formula is C12H7BrN2O5. The molecule has 102 valence electrons. The van der Waals surface area contributed by atoms with Crippen molar-refractivity contribution in [1.29, 1.82) is 0 Å². The van der Waals surface area contributed by atoms with Gasteiger partial charge in [-0.2, -0.15) is 0 Å². The molecular weight excluding hydrogens is 332 g/mol. The maximum atomic E-state index is 10.9. The quantitative estimate of drug-likeness (QED) is 0.678. The largest absolute Gasteiger partial charge is 0.478 e. The maximum absolute atomic E-state index is 10.9. The van der Waals surface area contributed by atoms with Crippen molar-refractivity contribution in [2.45, 2.75) is 0 Å². The molecule has 0 fully saturated rings. The Balaban J connectivity index is 2.38. The first kappa shape index (κ1) is 13.9. The summed E-state index contributed by atoms with van der Waals surface area (Å²) in [5.41, 5.74) is -0.785. The van der Waals surface area contributed by atoms with Crippen LogP contribution in [0.25, 0.3) is 0 Å². The highest BCUT2D eigenvalue weighted by atomic mass is 79.9. The number of aromatic carboxylic acids is 1.